The van der Waals surface area contributed by atoms with Crippen molar-refractivity contribution in [3.8, 4) is 0 Å². The molecule has 0 amide bonds. The molecule has 1 atom stereocenters. The molecule has 98 valence electrons. The number of allylic oxidation sites excluding steroid dienone is 1. The number of rotatable bonds is 5. The van der Waals surface area contributed by atoms with Crippen LogP contribution in [0.2, 0.25) is 10.0 Å². The highest BCUT2D eigenvalue weighted by Gasteiger charge is 2.21. The predicted molar refractivity (Wildman–Crippen MR) is 79.4 cm³/mol. The second-order valence-corrected chi connectivity index (χ2v) is 5.49. The van der Waals surface area contributed by atoms with Gasteiger partial charge in [-0.3, -0.25) is 0 Å². The third kappa shape index (κ3) is 3.09. The zero-order chi connectivity index (χ0) is 13.0. The molecule has 1 nitrogen and oxygen atoms in total. The fourth-order valence-electron chi connectivity index (χ4n) is 2.43. The van der Waals surface area contributed by atoms with Gasteiger partial charge in [0.05, 0.1) is 16.1 Å². The van der Waals surface area contributed by atoms with Crippen molar-refractivity contribution in [2.45, 2.75) is 38.6 Å². The highest BCUT2D eigenvalue weighted by atomic mass is 35.5. The number of hydrogen-bond acceptors (Lipinski definition) is 1. The van der Waals surface area contributed by atoms with Crippen LogP contribution in [0.4, 0.5) is 0 Å². The van der Waals surface area contributed by atoms with E-state index in [9.17, 15) is 0 Å². The van der Waals surface area contributed by atoms with Crippen LogP contribution >= 0.6 is 23.2 Å². The summed E-state index contributed by atoms with van der Waals surface area (Å²) < 4.78 is 0. The Morgan fingerprint density at radius 2 is 2.17 bits per heavy atom. The molecule has 1 aliphatic carbocycles. The standard InChI is InChI=1S/C15H19Cl2N/c1-2-10-18-15(11-6-3-4-7-11)12-8-5-9-13(16)14(12)17/h5-6,8-9,15,18H,2-4,7,10H2,1H3. The lowest BCUT2D eigenvalue weighted by molar-refractivity contribution is 0.579. The van der Waals surface area contributed by atoms with E-state index in [-0.39, 0.29) is 6.04 Å². The van der Waals surface area contributed by atoms with Crippen LogP contribution in [0.25, 0.3) is 0 Å². The maximum absolute atomic E-state index is 6.35. The number of benzene rings is 1. The quantitative estimate of drug-likeness (QED) is 0.738. The highest BCUT2D eigenvalue weighted by Crippen LogP contribution is 2.36. The fraction of sp³-hybridized carbons (Fsp3) is 0.467. The van der Waals surface area contributed by atoms with Gasteiger partial charge in [0.25, 0.3) is 0 Å². The Hall–Kier alpha value is -0.500. The average Bonchev–Trinajstić information content (AvgIpc) is 2.88. The molecule has 1 N–H and O–H groups in total. The molecule has 0 bridgehead atoms. The number of nitrogens with one attached hydrogen (secondary N) is 1. The minimum Gasteiger partial charge on any atom is -0.306 e. The van der Waals surface area contributed by atoms with Crippen LogP contribution in [0.15, 0.2) is 29.8 Å². The normalized spacial score (nSPS) is 16.7. The van der Waals surface area contributed by atoms with Crippen LogP contribution in [0.5, 0.6) is 0 Å². The summed E-state index contributed by atoms with van der Waals surface area (Å²) in [7, 11) is 0. The van der Waals surface area contributed by atoms with Gasteiger partial charge in [0.15, 0.2) is 0 Å². The summed E-state index contributed by atoms with van der Waals surface area (Å²) in [5.41, 5.74) is 2.55. The van der Waals surface area contributed by atoms with Crippen molar-refractivity contribution in [3.63, 3.8) is 0 Å². The van der Waals surface area contributed by atoms with Gasteiger partial charge in [-0.05, 0) is 43.9 Å². The van der Waals surface area contributed by atoms with E-state index in [1.165, 1.54) is 18.4 Å². The Labute approximate surface area is 119 Å². The zero-order valence-electron chi connectivity index (χ0n) is 10.7. The minimum absolute atomic E-state index is 0.221. The summed E-state index contributed by atoms with van der Waals surface area (Å²) in [4.78, 5) is 0. The molecular weight excluding hydrogens is 265 g/mol. The SMILES string of the molecule is CCCNC(C1=CCCC1)c1cccc(Cl)c1Cl. The largest absolute Gasteiger partial charge is 0.306 e. The van der Waals surface area contributed by atoms with Crippen molar-refractivity contribution in [1.29, 1.82) is 0 Å². The van der Waals surface area contributed by atoms with Gasteiger partial charge in [-0.25, -0.2) is 0 Å². The molecule has 0 heterocycles. The zero-order valence-corrected chi connectivity index (χ0v) is 12.2. The van der Waals surface area contributed by atoms with Crippen molar-refractivity contribution >= 4 is 23.2 Å². The Bertz CT molecular complexity index is 440. The van der Waals surface area contributed by atoms with E-state index in [2.05, 4.69) is 24.4 Å². The molecule has 0 aliphatic heterocycles. The molecule has 2 rings (SSSR count). The molecule has 1 unspecified atom stereocenters. The van der Waals surface area contributed by atoms with E-state index in [1.807, 2.05) is 12.1 Å². The number of halogens is 2. The lowest BCUT2D eigenvalue weighted by Crippen LogP contribution is -2.23. The third-order valence-electron chi connectivity index (χ3n) is 3.34. The van der Waals surface area contributed by atoms with Crippen LogP contribution in [-0.4, -0.2) is 6.54 Å². The van der Waals surface area contributed by atoms with Crippen LogP contribution < -0.4 is 5.32 Å². The van der Waals surface area contributed by atoms with Crippen LogP contribution in [-0.2, 0) is 0 Å². The Kier molecular flexibility index (Phi) is 5.11. The number of hydrogen-bond donors (Lipinski definition) is 1. The summed E-state index contributed by atoms with van der Waals surface area (Å²) >= 11 is 12.5. The van der Waals surface area contributed by atoms with E-state index < -0.39 is 0 Å². The monoisotopic (exact) mass is 283 g/mol. The maximum atomic E-state index is 6.35. The maximum Gasteiger partial charge on any atom is 0.0643 e. The molecule has 0 radical (unpaired) electrons. The molecule has 0 saturated heterocycles. The van der Waals surface area contributed by atoms with Crippen molar-refractivity contribution in [2.75, 3.05) is 6.54 Å². The van der Waals surface area contributed by atoms with Gasteiger partial charge in [0.2, 0.25) is 0 Å². The molecular formula is C15H19Cl2N. The van der Waals surface area contributed by atoms with E-state index in [0.717, 1.165) is 24.9 Å². The average molecular weight is 284 g/mol. The van der Waals surface area contributed by atoms with E-state index >= 15 is 0 Å². The predicted octanol–water partition coefficient (Wildman–Crippen LogP) is 5.14. The Morgan fingerprint density at radius 3 is 2.83 bits per heavy atom. The molecule has 1 aliphatic rings. The van der Waals surface area contributed by atoms with Crippen molar-refractivity contribution in [3.05, 3.63) is 45.5 Å². The van der Waals surface area contributed by atoms with E-state index in [4.69, 9.17) is 23.2 Å². The van der Waals surface area contributed by atoms with Gasteiger partial charge in [-0.2, -0.15) is 0 Å². The lowest BCUT2D eigenvalue weighted by atomic mass is 9.98. The Balaban J connectivity index is 2.30. The first-order valence-corrected chi connectivity index (χ1v) is 7.36. The van der Waals surface area contributed by atoms with Crippen molar-refractivity contribution in [1.82, 2.24) is 5.32 Å². The molecule has 0 spiro atoms. The Morgan fingerprint density at radius 1 is 1.33 bits per heavy atom. The van der Waals surface area contributed by atoms with E-state index in [1.54, 1.807) is 0 Å². The topological polar surface area (TPSA) is 12.0 Å². The smallest absolute Gasteiger partial charge is 0.0643 e. The van der Waals surface area contributed by atoms with Gasteiger partial charge in [-0.1, -0.05) is 53.9 Å². The molecule has 18 heavy (non-hydrogen) atoms. The van der Waals surface area contributed by atoms with E-state index in [0.29, 0.717) is 10.0 Å². The summed E-state index contributed by atoms with van der Waals surface area (Å²) in [5, 5.41) is 4.90. The van der Waals surface area contributed by atoms with Crippen LogP contribution in [0.3, 0.4) is 0 Å². The molecule has 1 aromatic carbocycles. The third-order valence-corrected chi connectivity index (χ3v) is 4.17. The first-order chi connectivity index (χ1) is 8.74. The second-order valence-electron chi connectivity index (χ2n) is 4.70. The van der Waals surface area contributed by atoms with Gasteiger partial charge >= 0.3 is 0 Å². The molecule has 1 aromatic rings. The second kappa shape index (κ2) is 6.60. The first kappa shape index (κ1) is 13.9. The minimum atomic E-state index is 0.221. The van der Waals surface area contributed by atoms with Gasteiger partial charge in [0.1, 0.15) is 0 Å². The lowest BCUT2D eigenvalue weighted by Gasteiger charge is -2.22. The molecule has 3 heteroatoms. The first-order valence-electron chi connectivity index (χ1n) is 6.60. The van der Waals surface area contributed by atoms with Crippen molar-refractivity contribution in [2.24, 2.45) is 0 Å². The van der Waals surface area contributed by atoms with Crippen LogP contribution in [0, 0.1) is 0 Å². The molecule has 0 aromatic heterocycles. The summed E-state index contributed by atoms with van der Waals surface area (Å²) in [6.07, 6.45) is 7.03. The van der Waals surface area contributed by atoms with Gasteiger partial charge in [0, 0.05) is 0 Å². The van der Waals surface area contributed by atoms with Gasteiger partial charge < -0.3 is 5.32 Å². The summed E-state index contributed by atoms with van der Waals surface area (Å²) in [5.74, 6) is 0. The summed E-state index contributed by atoms with van der Waals surface area (Å²) in [6, 6.07) is 6.10. The fourth-order valence-corrected chi connectivity index (χ4v) is 2.85. The molecule has 0 fully saturated rings. The highest BCUT2D eigenvalue weighted by molar-refractivity contribution is 6.42. The van der Waals surface area contributed by atoms with Crippen molar-refractivity contribution < 1.29 is 0 Å². The summed E-state index contributed by atoms with van der Waals surface area (Å²) in [6.45, 7) is 3.16. The van der Waals surface area contributed by atoms with Gasteiger partial charge in [-0.15, -0.1) is 0 Å². The van der Waals surface area contributed by atoms with Crippen LogP contribution in [0.1, 0.15) is 44.2 Å². The molecule has 0 saturated carbocycles.